The Morgan fingerprint density at radius 2 is 2.20 bits per heavy atom. The van der Waals surface area contributed by atoms with Gasteiger partial charge in [0, 0.05) is 7.11 Å². The van der Waals surface area contributed by atoms with Crippen molar-refractivity contribution < 1.29 is 9.47 Å². The van der Waals surface area contributed by atoms with Crippen molar-refractivity contribution in [1.82, 2.24) is 0 Å². The summed E-state index contributed by atoms with van der Waals surface area (Å²) < 4.78 is 10.5. The predicted octanol–water partition coefficient (Wildman–Crippen LogP) is 1.80. The van der Waals surface area contributed by atoms with Crippen molar-refractivity contribution >= 4 is 0 Å². The van der Waals surface area contributed by atoms with E-state index in [9.17, 15) is 0 Å². The van der Waals surface area contributed by atoms with E-state index in [0.29, 0.717) is 5.92 Å². The van der Waals surface area contributed by atoms with Crippen LogP contribution < -0.4 is 0 Å². The highest BCUT2D eigenvalue weighted by Gasteiger charge is 2.14. The fourth-order valence-corrected chi connectivity index (χ4v) is 1.26. The van der Waals surface area contributed by atoms with Gasteiger partial charge in [-0.25, -0.2) is 0 Å². The molecule has 0 bridgehead atoms. The van der Waals surface area contributed by atoms with Crippen molar-refractivity contribution in [2.75, 3.05) is 13.7 Å². The van der Waals surface area contributed by atoms with E-state index in [1.165, 1.54) is 12.8 Å². The number of ether oxygens (including phenoxy) is 2. The Kier molecular flexibility index (Phi) is 3.16. The van der Waals surface area contributed by atoms with E-state index in [1.54, 1.807) is 7.11 Å². The van der Waals surface area contributed by atoms with Gasteiger partial charge in [-0.3, -0.25) is 0 Å². The molecule has 1 fully saturated rings. The van der Waals surface area contributed by atoms with Gasteiger partial charge in [0.05, 0.1) is 6.61 Å². The first kappa shape index (κ1) is 8.02. The Morgan fingerprint density at radius 3 is 2.90 bits per heavy atom. The standard InChI is InChI=1S/C8H16O2/c1-7-4-3-5-8(9-2)10-6-7/h7-8H,3-6H2,1-2H3. The van der Waals surface area contributed by atoms with Crippen LogP contribution in [0.1, 0.15) is 26.2 Å². The number of hydrogen-bond acceptors (Lipinski definition) is 2. The van der Waals surface area contributed by atoms with Crippen LogP contribution in [0.3, 0.4) is 0 Å². The normalized spacial score (nSPS) is 35.4. The summed E-state index contributed by atoms with van der Waals surface area (Å²) in [6.45, 7) is 3.08. The first-order chi connectivity index (χ1) is 4.83. The first-order valence-corrected chi connectivity index (χ1v) is 3.97. The van der Waals surface area contributed by atoms with E-state index in [-0.39, 0.29) is 6.29 Å². The monoisotopic (exact) mass is 144 g/mol. The summed E-state index contributed by atoms with van der Waals surface area (Å²) >= 11 is 0. The van der Waals surface area contributed by atoms with Crippen molar-refractivity contribution in [2.24, 2.45) is 5.92 Å². The van der Waals surface area contributed by atoms with Crippen LogP contribution >= 0.6 is 0 Å². The van der Waals surface area contributed by atoms with Crippen LogP contribution in [0, 0.1) is 5.92 Å². The molecule has 1 aliphatic rings. The van der Waals surface area contributed by atoms with Gasteiger partial charge >= 0.3 is 0 Å². The summed E-state index contributed by atoms with van der Waals surface area (Å²) in [4.78, 5) is 0. The highest BCUT2D eigenvalue weighted by molar-refractivity contribution is 4.58. The molecule has 2 heteroatoms. The zero-order valence-electron chi connectivity index (χ0n) is 6.80. The Hall–Kier alpha value is -0.0800. The maximum Gasteiger partial charge on any atom is 0.157 e. The third-order valence-corrected chi connectivity index (χ3v) is 1.97. The van der Waals surface area contributed by atoms with Crippen LogP contribution in [-0.4, -0.2) is 20.0 Å². The minimum absolute atomic E-state index is 0.0601. The second-order valence-electron chi connectivity index (χ2n) is 3.03. The van der Waals surface area contributed by atoms with Crippen molar-refractivity contribution in [3.8, 4) is 0 Å². The van der Waals surface area contributed by atoms with Gasteiger partial charge in [0.1, 0.15) is 0 Å². The highest BCUT2D eigenvalue weighted by atomic mass is 16.7. The summed E-state index contributed by atoms with van der Waals surface area (Å²) in [5, 5.41) is 0. The third kappa shape index (κ3) is 2.27. The SMILES string of the molecule is COC1CCCC(C)CO1. The number of rotatable bonds is 1. The molecule has 1 rings (SSSR count). The van der Waals surface area contributed by atoms with Crippen LogP contribution in [0.5, 0.6) is 0 Å². The van der Waals surface area contributed by atoms with Crippen molar-refractivity contribution in [1.29, 1.82) is 0 Å². The fraction of sp³-hybridized carbons (Fsp3) is 1.00. The van der Waals surface area contributed by atoms with Gasteiger partial charge < -0.3 is 9.47 Å². The van der Waals surface area contributed by atoms with Gasteiger partial charge in [-0.2, -0.15) is 0 Å². The molecule has 60 valence electrons. The second kappa shape index (κ2) is 3.94. The smallest absolute Gasteiger partial charge is 0.157 e. The second-order valence-corrected chi connectivity index (χ2v) is 3.03. The maximum atomic E-state index is 5.44. The fourth-order valence-electron chi connectivity index (χ4n) is 1.26. The van der Waals surface area contributed by atoms with Crippen molar-refractivity contribution in [3.63, 3.8) is 0 Å². The molecule has 0 aromatic carbocycles. The molecule has 2 nitrogen and oxygen atoms in total. The molecule has 0 aromatic heterocycles. The van der Waals surface area contributed by atoms with Crippen molar-refractivity contribution in [2.45, 2.75) is 32.5 Å². The Labute approximate surface area is 62.5 Å². The van der Waals surface area contributed by atoms with Gasteiger partial charge in [0.15, 0.2) is 6.29 Å². The molecule has 0 radical (unpaired) electrons. The molecule has 10 heavy (non-hydrogen) atoms. The average molecular weight is 144 g/mol. The average Bonchev–Trinajstić information content (AvgIpc) is 2.14. The summed E-state index contributed by atoms with van der Waals surface area (Å²) in [5.41, 5.74) is 0. The predicted molar refractivity (Wildman–Crippen MR) is 39.8 cm³/mol. The minimum Gasteiger partial charge on any atom is -0.356 e. The summed E-state index contributed by atoms with van der Waals surface area (Å²) in [6.07, 6.45) is 3.63. The quantitative estimate of drug-likeness (QED) is 0.558. The number of methoxy groups -OCH3 is 1. The molecule has 0 aliphatic carbocycles. The van der Waals surface area contributed by atoms with E-state index < -0.39 is 0 Å². The zero-order valence-corrected chi connectivity index (χ0v) is 6.80. The molecule has 2 unspecified atom stereocenters. The Morgan fingerprint density at radius 1 is 1.40 bits per heavy atom. The van der Waals surface area contributed by atoms with E-state index in [2.05, 4.69) is 6.92 Å². The molecule has 0 spiro atoms. The lowest BCUT2D eigenvalue weighted by Gasteiger charge is -2.12. The van der Waals surface area contributed by atoms with E-state index in [0.717, 1.165) is 13.0 Å². The first-order valence-electron chi connectivity index (χ1n) is 3.97. The van der Waals surface area contributed by atoms with E-state index >= 15 is 0 Å². The van der Waals surface area contributed by atoms with E-state index in [1.807, 2.05) is 0 Å². The van der Waals surface area contributed by atoms with Crippen LogP contribution in [0.15, 0.2) is 0 Å². The van der Waals surface area contributed by atoms with Gasteiger partial charge in [0.2, 0.25) is 0 Å². The molecule has 0 N–H and O–H groups in total. The van der Waals surface area contributed by atoms with E-state index in [4.69, 9.17) is 9.47 Å². The molecule has 0 saturated carbocycles. The summed E-state index contributed by atoms with van der Waals surface area (Å²) in [7, 11) is 1.71. The third-order valence-electron chi connectivity index (χ3n) is 1.97. The van der Waals surface area contributed by atoms with Crippen LogP contribution in [0.25, 0.3) is 0 Å². The lowest BCUT2D eigenvalue weighted by molar-refractivity contribution is -0.125. The molecule has 0 amide bonds. The zero-order chi connectivity index (χ0) is 7.40. The lowest BCUT2D eigenvalue weighted by Crippen LogP contribution is -2.14. The molecule has 0 aromatic rings. The molecule has 1 saturated heterocycles. The van der Waals surface area contributed by atoms with Crippen LogP contribution in [0.4, 0.5) is 0 Å². The van der Waals surface area contributed by atoms with Crippen LogP contribution in [0.2, 0.25) is 0 Å². The number of hydrogen-bond donors (Lipinski definition) is 0. The molecular weight excluding hydrogens is 128 g/mol. The van der Waals surface area contributed by atoms with Crippen LogP contribution in [-0.2, 0) is 9.47 Å². The minimum atomic E-state index is 0.0601. The Balaban J connectivity index is 2.26. The van der Waals surface area contributed by atoms with Gasteiger partial charge in [-0.1, -0.05) is 6.92 Å². The Bertz CT molecular complexity index is 93.3. The highest BCUT2D eigenvalue weighted by Crippen LogP contribution is 2.17. The topological polar surface area (TPSA) is 18.5 Å². The molecular formula is C8H16O2. The lowest BCUT2D eigenvalue weighted by atomic mass is 10.1. The van der Waals surface area contributed by atoms with Crippen molar-refractivity contribution in [3.05, 3.63) is 0 Å². The largest absolute Gasteiger partial charge is 0.356 e. The van der Waals surface area contributed by atoms with Gasteiger partial charge in [-0.05, 0) is 25.2 Å². The van der Waals surface area contributed by atoms with Gasteiger partial charge in [0.25, 0.3) is 0 Å². The molecule has 2 atom stereocenters. The summed E-state index contributed by atoms with van der Waals surface area (Å²) in [5.74, 6) is 0.708. The maximum absolute atomic E-state index is 5.44. The molecule has 1 heterocycles. The molecule has 1 aliphatic heterocycles. The summed E-state index contributed by atoms with van der Waals surface area (Å²) in [6, 6.07) is 0. The van der Waals surface area contributed by atoms with Gasteiger partial charge in [-0.15, -0.1) is 0 Å².